The Hall–Kier alpha value is -1.50. The topological polar surface area (TPSA) is 177 Å². The molecule has 0 aliphatic carbocycles. The quantitative estimate of drug-likeness (QED) is 0.122. The zero-order chi connectivity index (χ0) is 20.1. The minimum atomic E-state index is -1.18. The summed E-state index contributed by atoms with van der Waals surface area (Å²) < 4.78 is 0. The second-order valence-corrected chi connectivity index (χ2v) is 6.16. The summed E-state index contributed by atoms with van der Waals surface area (Å²) in [6.45, 7) is 0.131. The number of carboxylic acids is 1. The van der Waals surface area contributed by atoms with Crippen LogP contribution in [0.25, 0.3) is 0 Å². The Morgan fingerprint density at radius 3 is 1.77 bits per heavy atom. The van der Waals surface area contributed by atoms with E-state index in [4.69, 9.17) is 11.5 Å². The van der Waals surface area contributed by atoms with Crippen LogP contribution in [0.5, 0.6) is 0 Å². The number of hydrogen-bond donors (Lipinski definition) is 8. The van der Waals surface area contributed by atoms with Gasteiger partial charge in [0.05, 0.1) is 6.54 Å². The minimum absolute atomic E-state index is 0.00464. The number of thiol groups is 2. The third-order valence-corrected chi connectivity index (χ3v) is 4.13. The summed E-state index contributed by atoms with van der Waals surface area (Å²) in [5.74, 6) is -3.12. The van der Waals surface area contributed by atoms with Crippen molar-refractivity contribution in [3.63, 3.8) is 0 Å². The lowest BCUT2D eigenvalue weighted by molar-refractivity contribution is -0.142. The molecule has 8 N–H and O–H groups in total. The molecule has 3 amide bonds. The monoisotopic (exact) mass is 409 g/mol. The van der Waals surface area contributed by atoms with Gasteiger partial charge in [0.25, 0.3) is 0 Å². The third kappa shape index (κ3) is 9.27. The van der Waals surface area contributed by atoms with E-state index in [2.05, 4.69) is 41.2 Å². The minimum Gasteiger partial charge on any atom is -0.480 e. The van der Waals surface area contributed by atoms with E-state index in [0.29, 0.717) is 19.4 Å². The van der Waals surface area contributed by atoms with Gasteiger partial charge in [-0.15, -0.1) is 0 Å². The van der Waals surface area contributed by atoms with Gasteiger partial charge in [-0.05, 0) is 25.8 Å². The summed E-state index contributed by atoms with van der Waals surface area (Å²) in [6.07, 6.45) is 1.40. The summed E-state index contributed by atoms with van der Waals surface area (Å²) in [4.78, 5) is 47.0. The average Bonchev–Trinajstić information content (AvgIpc) is 2.62. The van der Waals surface area contributed by atoms with Crippen molar-refractivity contribution in [3.05, 3.63) is 0 Å². The molecule has 0 aliphatic heterocycles. The van der Waals surface area contributed by atoms with Gasteiger partial charge in [0.2, 0.25) is 17.7 Å². The Balaban J connectivity index is 4.81. The molecule has 0 rings (SSSR count). The van der Waals surface area contributed by atoms with Crippen LogP contribution in [0.3, 0.4) is 0 Å². The van der Waals surface area contributed by atoms with E-state index in [0.717, 1.165) is 0 Å². The third-order valence-electron chi connectivity index (χ3n) is 3.40. The van der Waals surface area contributed by atoms with Crippen molar-refractivity contribution in [2.24, 2.45) is 11.5 Å². The lowest BCUT2D eigenvalue weighted by atomic mass is 10.1. The van der Waals surface area contributed by atoms with E-state index in [1.165, 1.54) is 0 Å². The fraction of sp³-hybridized carbons (Fsp3) is 0.714. The maximum absolute atomic E-state index is 12.3. The molecule has 0 fully saturated rings. The van der Waals surface area contributed by atoms with Crippen molar-refractivity contribution < 1.29 is 24.3 Å². The number of aliphatic carboxylic acids is 1. The predicted molar refractivity (Wildman–Crippen MR) is 103 cm³/mol. The van der Waals surface area contributed by atoms with Gasteiger partial charge < -0.3 is 32.5 Å². The number of nitrogens with two attached hydrogens (primary N) is 2. The Morgan fingerprint density at radius 1 is 0.846 bits per heavy atom. The molecule has 150 valence electrons. The SMILES string of the molecule is NCCCCC(NC(=O)C(CS)NC(=O)C(CS)NC(=O)CN)C(=O)O. The largest absolute Gasteiger partial charge is 0.480 e. The van der Waals surface area contributed by atoms with Crippen LogP contribution in [0, 0.1) is 0 Å². The number of unbranched alkanes of at least 4 members (excludes halogenated alkanes) is 1. The molecule has 0 bridgehead atoms. The maximum Gasteiger partial charge on any atom is 0.326 e. The molecule has 0 saturated heterocycles. The van der Waals surface area contributed by atoms with Crippen molar-refractivity contribution in [2.45, 2.75) is 37.4 Å². The van der Waals surface area contributed by atoms with Crippen LogP contribution in [0.2, 0.25) is 0 Å². The van der Waals surface area contributed by atoms with Crippen molar-refractivity contribution in [2.75, 3.05) is 24.6 Å². The van der Waals surface area contributed by atoms with Gasteiger partial charge in [0.15, 0.2) is 0 Å². The van der Waals surface area contributed by atoms with Gasteiger partial charge in [0.1, 0.15) is 18.1 Å². The van der Waals surface area contributed by atoms with Crippen LogP contribution in [-0.2, 0) is 19.2 Å². The number of amides is 3. The maximum atomic E-state index is 12.3. The van der Waals surface area contributed by atoms with E-state index in [1.54, 1.807) is 0 Å². The Labute approximate surface area is 163 Å². The normalized spacial score (nSPS) is 14.0. The first-order chi connectivity index (χ1) is 12.3. The summed E-state index contributed by atoms with van der Waals surface area (Å²) in [6, 6.07) is -3.14. The van der Waals surface area contributed by atoms with E-state index in [9.17, 15) is 24.3 Å². The molecule has 0 aliphatic rings. The van der Waals surface area contributed by atoms with E-state index >= 15 is 0 Å². The number of carboxylic acid groups (broad SMARTS) is 1. The zero-order valence-corrected chi connectivity index (χ0v) is 16.1. The molecule has 3 atom stereocenters. The average molecular weight is 410 g/mol. The molecule has 0 saturated carbocycles. The van der Waals surface area contributed by atoms with E-state index in [-0.39, 0.29) is 24.5 Å². The fourth-order valence-corrected chi connectivity index (χ4v) is 2.45. The van der Waals surface area contributed by atoms with Gasteiger partial charge in [-0.25, -0.2) is 4.79 Å². The van der Waals surface area contributed by atoms with Crippen molar-refractivity contribution >= 4 is 48.9 Å². The molecule has 3 unspecified atom stereocenters. The molecule has 0 heterocycles. The van der Waals surface area contributed by atoms with Crippen LogP contribution in [-0.4, -0.2) is 71.5 Å². The lowest BCUT2D eigenvalue weighted by Gasteiger charge is -2.22. The summed E-state index contributed by atoms with van der Waals surface area (Å²) in [5, 5.41) is 16.3. The molecule has 0 aromatic carbocycles. The highest BCUT2D eigenvalue weighted by atomic mass is 32.1. The van der Waals surface area contributed by atoms with Crippen LogP contribution < -0.4 is 27.4 Å². The molecular formula is C14H27N5O5S2. The number of rotatable bonds is 13. The second kappa shape index (κ2) is 13.7. The Bertz CT molecular complexity index is 494. The highest BCUT2D eigenvalue weighted by molar-refractivity contribution is 7.80. The summed E-state index contributed by atoms with van der Waals surface area (Å²) >= 11 is 7.99. The molecule has 10 nitrogen and oxygen atoms in total. The van der Waals surface area contributed by atoms with Crippen LogP contribution in [0.1, 0.15) is 19.3 Å². The van der Waals surface area contributed by atoms with Crippen molar-refractivity contribution in [1.29, 1.82) is 0 Å². The molecule has 26 heavy (non-hydrogen) atoms. The number of carbonyl (C=O) groups excluding carboxylic acids is 3. The van der Waals surface area contributed by atoms with Gasteiger partial charge in [-0.2, -0.15) is 25.3 Å². The van der Waals surface area contributed by atoms with E-state index < -0.39 is 41.8 Å². The Morgan fingerprint density at radius 2 is 1.35 bits per heavy atom. The molecule has 12 heteroatoms. The number of hydrogen-bond acceptors (Lipinski definition) is 8. The van der Waals surface area contributed by atoms with Gasteiger partial charge in [-0.1, -0.05) is 0 Å². The first-order valence-corrected chi connectivity index (χ1v) is 9.31. The number of nitrogens with one attached hydrogen (secondary N) is 3. The first kappa shape index (κ1) is 24.5. The summed E-state index contributed by atoms with van der Waals surface area (Å²) in [5.41, 5.74) is 10.5. The van der Waals surface area contributed by atoms with Gasteiger partial charge in [-0.3, -0.25) is 14.4 Å². The molecular weight excluding hydrogens is 382 g/mol. The smallest absolute Gasteiger partial charge is 0.326 e. The number of carbonyl (C=O) groups is 4. The van der Waals surface area contributed by atoms with Gasteiger partial charge in [0, 0.05) is 11.5 Å². The van der Waals surface area contributed by atoms with Gasteiger partial charge >= 0.3 is 5.97 Å². The zero-order valence-electron chi connectivity index (χ0n) is 14.3. The predicted octanol–water partition coefficient (Wildman–Crippen LogP) is -2.53. The molecule has 0 radical (unpaired) electrons. The molecule has 0 aromatic rings. The second-order valence-electron chi connectivity index (χ2n) is 5.43. The van der Waals surface area contributed by atoms with E-state index in [1.807, 2.05) is 0 Å². The standard InChI is InChI=1S/C14H27N5O5S2/c15-4-2-1-3-8(14(23)24)18-13(22)10(7-26)19-12(21)9(6-25)17-11(20)5-16/h8-10,25-26H,1-7,15-16H2,(H,17,20)(H,18,22)(H,19,21)(H,23,24). The van der Waals surface area contributed by atoms with Crippen molar-refractivity contribution in [3.8, 4) is 0 Å². The Kier molecular flexibility index (Phi) is 12.9. The molecule has 0 aromatic heterocycles. The molecule has 0 spiro atoms. The first-order valence-electron chi connectivity index (χ1n) is 8.05. The fourth-order valence-electron chi connectivity index (χ4n) is 1.94. The van der Waals surface area contributed by atoms with Crippen LogP contribution in [0.4, 0.5) is 0 Å². The van der Waals surface area contributed by atoms with Crippen LogP contribution >= 0.6 is 25.3 Å². The lowest BCUT2D eigenvalue weighted by Crippen LogP contribution is -2.57. The summed E-state index contributed by atoms with van der Waals surface area (Å²) in [7, 11) is 0. The highest BCUT2D eigenvalue weighted by Gasteiger charge is 2.28. The van der Waals surface area contributed by atoms with Crippen molar-refractivity contribution in [1.82, 2.24) is 16.0 Å². The van der Waals surface area contributed by atoms with Crippen LogP contribution in [0.15, 0.2) is 0 Å². The highest BCUT2D eigenvalue weighted by Crippen LogP contribution is 2.02.